The molecule has 0 radical (unpaired) electrons. The second-order valence-electron chi connectivity index (χ2n) is 3.92. The fourth-order valence-corrected chi connectivity index (χ4v) is 1.78. The van der Waals surface area contributed by atoms with E-state index >= 15 is 0 Å². The lowest BCUT2D eigenvalue weighted by Gasteiger charge is -2.10. The Morgan fingerprint density at radius 3 is 2.50 bits per heavy atom. The largest absolute Gasteiger partial charge is 0.323 e. The average molecular weight is 238 g/mol. The van der Waals surface area contributed by atoms with Gasteiger partial charge >= 0.3 is 0 Å². The summed E-state index contributed by atoms with van der Waals surface area (Å²) in [7, 11) is 0. The van der Waals surface area contributed by atoms with Crippen LogP contribution in [0.1, 0.15) is 30.0 Å². The van der Waals surface area contributed by atoms with Gasteiger partial charge in [-0.25, -0.2) is 9.97 Å². The lowest BCUT2D eigenvalue weighted by molar-refractivity contribution is 0.778. The number of nitrogens with two attached hydrogens (primary N) is 1. The van der Waals surface area contributed by atoms with Crippen LogP contribution in [-0.2, 0) is 0 Å². The number of aromatic nitrogens is 2. The number of halogens is 1. The summed E-state index contributed by atoms with van der Waals surface area (Å²) in [4.78, 5) is 8.86. The van der Waals surface area contributed by atoms with Crippen molar-refractivity contribution in [2.24, 2.45) is 5.73 Å². The Bertz CT molecular complexity index is 509. The third-order valence-electron chi connectivity index (χ3n) is 2.50. The lowest BCUT2D eigenvalue weighted by atomic mass is 10.1. The Balaban J connectivity index is 0.00000128. The zero-order valence-corrected chi connectivity index (χ0v) is 10.5. The number of hydrogen-bond acceptors (Lipinski definition) is 3. The smallest absolute Gasteiger partial charge is 0.126 e. The Kier molecular flexibility index (Phi) is 3.83. The van der Waals surface area contributed by atoms with E-state index in [1.807, 2.05) is 26.0 Å². The summed E-state index contributed by atoms with van der Waals surface area (Å²) in [6.45, 7) is 5.90. The monoisotopic (exact) mass is 237 g/mol. The van der Waals surface area contributed by atoms with Crippen molar-refractivity contribution < 1.29 is 0 Å². The van der Waals surface area contributed by atoms with Gasteiger partial charge in [0, 0.05) is 11.4 Å². The van der Waals surface area contributed by atoms with Crippen LogP contribution in [0.15, 0.2) is 18.2 Å². The van der Waals surface area contributed by atoms with E-state index in [0.717, 1.165) is 22.4 Å². The normalized spacial score (nSPS) is 12.2. The van der Waals surface area contributed by atoms with Gasteiger partial charge in [-0.2, -0.15) is 0 Å². The van der Waals surface area contributed by atoms with Crippen molar-refractivity contribution >= 4 is 23.3 Å². The number of para-hydroxylation sites is 1. The van der Waals surface area contributed by atoms with Crippen molar-refractivity contribution in [2.45, 2.75) is 26.8 Å². The van der Waals surface area contributed by atoms with Crippen molar-refractivity contribution in [3.8, 4) is 0 Å². The van der Waals surface area contributed by atoms with Gasteiger partial charge < -0.3 is 5.73 Å². The molecule has 1 unspecified atom stereocenters. The molecule has 1 aromatic heterocycles. The van der Waals surface area contributed by atoms with Crippen LogP contribution in [0.4, 0.5) is 0 Å². The summed E-state index contributed by atoms with van der Waals surface area (Å²) in [6.07, 6.45) is 0. The first-order chi connectivity index (χ1) is 7.09. The maximum atomic E-state index is 5.91. The van der Waals surface area contributed by atoms with E-state index in [9.17, 15) is 0 Å². The third-order valence-corrected chi connectivity index (χ3v) is 2.50. The Morgan fingerprint density at radius 2 is 1.88 bits per heavy atom. The molecule has 1 aromatic carbocycles. The van der Waals surface area contributed by atoms with Crippen LogP contribution in [-0.4, -0.2) is 9.97 Å². The number of rotatable bonds is 1. The molecule has 0 aliphatic rings. The first-order valence-electron chi connectivity index (χ1n) is 5.09. The van der Waals surface area contributed by atoms with Gasteiger partial charge in [-0.1, -0.05) is 18.2 Å². The number of aryl methyl sites for hydroxylation is 2. The standard InChI is InChI=1S/C12H15N3.ClH/c1-7-5-4-6-10-11(7)14-9(3)15-12(10)8(2)13;/h4-6,8H,13H2,1-3H3;1H. The lowest BCUT2D eigenvalue weighted by Crippen LogP contribution is -2.10. The van der Waals surface area contributed by atoms with Gasteiger partial charge in [0.1, 0.15) is 5.82 Å². The molecule has 1 heterocycles. The summed E-state index contributed by atoms with van der Waals surface area (Å²) < 4.78 is 0. The van der Waals surface area contributed by atoms with E-state index < -0.39 is 0 Å². The average Bonchev–Trinajstić information content (AvgIpc) is 2.18. The zero-order chi connectivity index (χ0) is 11.0. The molecule has 3 nitrogen and oxygen atoms in total. The van der Waals surface area contributed by atoms with E-state index in [4.69, 9.17) is 5.73 Å². The number of fused-ring (bicyclic) bond motifs is 1. The van der Waals surface area contributed by atoms with Crippen molar-refractivity contribution in [3.05, 3.63) is 35.3 Å². The molecule has 0 aliphatic carbocycles. The van der Waals surface area contributed by atoms with Crippen molar-refractivity contribution in [3.63, 3.8) is 0 Å². The SMILES string of the molecule is Cc1nc(C(C)N)c2cccc(C)c2n1.Cl. The molecule has 1 atom stereocenters. The third kappa shape index (κ3) is 2.15. The second kappa shape index (κ2) is 4.76. The first-order valence-corrected chi connectivity index (χ1v) is 5.09. The Labute approximate surface area is 102 Å². The molecule has 0 aliphatic heterocycles. The fourth-order valence-electron chi connectivity index (χ4n) is 1.78. The molecule has 0 saturated carbocycles. The highest BCUT2D eigenvalue weighted by Crippen LogP contribution is 2.22. The molecule has 2 aromatic rings. The van der Waals surface area contributed by atoms with E-state index in [-0.39, 0.29) is 18.4 Å². The van der Waals surface area contributed by atoms with Crippen LogP contribution < -0.4 is 5.73 Å². The zero-order valence-electron chi connectivity index (χ0n) is 9.69. The summed E-state index contributed by atoms with van der Waals surface area (Å²) in [6, 6.07) is 6.04. The van der Waals surface area contributed by atoms with Crippen molar-refractivity contribution in [2.75, 3.05) is 0 Å². The minimum absolute atomic E-state index is 0. The maximum absolute atomic E-state index is 5.91. The fraction of sp³-hybridized carbons (Fsp3) is 0.333. The molecule has 0 amide bonds. The minimum Gasteiger partial charge on any atom is -0.323 e. The van der Waals surface area contributed by atoms with E-state index in [1.54, 1.807) is 0 Å². The van der Waals surface area contributed by atoms with Crippen LogP contribution in [0.25, 0.3) is 10.9 Å². The molecule has 4 heteroatoms. The van der Waals surface area contributed by atoms with Crippen LogP contribution >= 0.6 is 12.4 Å². The van der Waals surface area contributed by atoms with Crippen LogP contribution in [0.2, 0.25) is 0 Å². The number of nitrogens with zero attached hydrogens (tertiary/aromatic N) is 2. The van der Waals surface area contributed by atoms with E-state index in [1.165, 1.54) is 5.56 Å². The predicted molar refractivity (Wildman–Crippen MR) is 68.9 cm³/mol. The highest BCUT2D eigenvalue weighted by molar-refractivity contribution is 5.85. The first kappa shape index (κ1) is 12.9. The molecular formula is C12H16ClN3. The Morgan fingerprint density at radius 1 is 1.19 bits per heavy atom. The van der Waals surface area contributed by atoms with E-state index in [0.29, 0.717) is 0 Å². The maximum Gasteiger partial charge on any atom is 0.126 e. The molecule has 0 spiro atoms. The van der Waals surface area contributed by atoms with Crippen molar-refractivity contribution in [1.82, 2.24) is 9.97 Å². The molecule has 16 heavy (non-hydrogen) atoms. The number of benzene rings is 1. The van der Waals surface area contributed by atoms with Gasteiger partial charge in [0.25, 0.3) is 0 Å². The molecule has 86 valence electrons. The van der Waals surface area contributed by atoms with Gasteiger partial charge in [0.15, 0.2) is 0 Å². The second-order valence-corrected chi connectivity index (χ2v) is 3.92. The van der Waals surface area contributed by atoms with E-state index in [2.05, 4.69) is 23.0 Å². The predicted octanol–water partition coefficient (Wildman–Crippen LogP) is 2.69. The highest BCUT2D eigenvalue weighted by Gasteiger charge is 2.10. The molecule has 0 saturated heterocycles. The van der Waals surface area contributed by atoms with Crippen LogP contribution in [0, 0.1) is 13.8 Å². The topological polar surface area (TPSA) is 51.8 Å². The minimum atomic E-state index is -0.0593. The number of hydrogen-bond donors (Lipinski definition) is 1. The summed E-state index contributed by atoms with van der Waals surface area (Å²) in [5.74, 6) is 0.782. The summed E-state index contributed by atoms with van der Waals surface area (Å²) in [5, 5.41) is 1.07. The highest BCUT2D eigenvalue weighted by atomic mass is 35.5. The van der Waals surface area contributed by atoms with Crippen LogP contribution in [0.5, 0.6) is 0 Å². The molecule has 0 bridgehead atoms. The van der Waals surface area contributed by atoms with Gasteiger partial charge in [0.2, 0.25) is 0 Å². The van der Waals surface area contributed by atoms with Crippen molar-refractivity contribution in [1.29, 1.82) is 0 Å². The van der Waals surface area contributed by atoms with Crippen LogP contribution in [0.3, 0.4) is 0 Å². The Hall–Kier alpha value is -1.19. The summed E-state index contributed by atoms with van der Waals surface area (Å²) >= 11 is 0. The molecular weight excluding hydrogens is 222 g/mol. The van der Waals surface area contributed by atoms with Gasteiger partial charge in [0.05, 0.1) is 11.2 Å². The molecule has 2 rings (SSSR count). The molecule has 0 fully saturated rings. The van der Waals surface area contributed by atoms with Gasteiger partial charge in [-0.15, -0.1) is 12.4 Å². The molecule has 2 N–H and O–H groups in total. The quantitative estimate of drug-likeness (QED) is 0.830. The van der Waals surface area contributed by atoms with Gasteiger partial charge in [-0.05, 0) is 26.3 Å². The summed E-state index contributed by atoms with van der Waals surface area (Å²) in [5.41, 5.74) is 9.02. The van der Waals surface area contributed by atoms with Gasteiger partial charge in [-0.3, -0.25) is 0 Å².